The van der Waals surface area contributed by atoms with Gasteiger partial charge in [-0.05, 0) is 72.4 Å². The van der Waals surface area contributed by atoms with E-state index in [0.29, 0.717) is 25.0 Å². The quantitative estimate of drug-likeness (QED) is 0.0325. The summed E-state index contributed by atoms with van der Waals surface area (Å²) in [6.45, 7) is 27.9. The lowest BCUT2D eigenvalue weighted by Gasteiger charge is -2.34. The maximum absolute atomic E-state index is 12.9. The Morgan fingerprint density at radius 3 is 1.16 bits per heavy atom. The summed E-state index contributed by atoms with van der Waals surface area (Å²) in [4.78, 5) is 63.7. The lowest BCUT2D eigenvalue weighted by molar-refractivity contribution is -0.345. The molecule has 0 spiro atoms. The normalized spacial score (nSPS) is 12.2. The predicted molar refractivity (Wildman–Crippen MR) is 251 cm³/mol. The van der Waals surface area contributed by atoms with Crippen molar-refractivity contribution < 1.29 is 131 Å². The molecule has 1 aromatic carbocycles. The van der Waals surface area contributed by atoms with Crippen molar-refractivity contribution in [3.8, 4) is 0 Å². The number of carbonyl (C=O) groups is 6. The van der Waals surface area contributed by atoms with Gasteiger partial charge in [-0.25, -0.2) is 23.6 Å². The molecule has 454 valence electrons. The molecular formula is C50H62F18O11. The van der Waals surface area contributed by atoms with Crippen LogP contribution in [0.3, 0.4) is 0 Å². The van der Waals surface area contributed by atoms with Crippen LogP contribution in [0, 0.1) is 5.41 Å². The molecule has 29 heteroatoms. The number of rotatable bonds is 19. The van der Waals surface area contributed by atoms with Gasteiger partial charge in [0, 0.05) is 17.6 Å². The SMILES string of the molecule is C=C(C(=O)OC(C)CC)C(F)(F)F.C=C(C)C(=O)OCCOCC(C)(C(F)(F)F)C(F)(F)F.C=C(C)C(=O)c1ccc(C(C)(C(F)(F)F)C(F)(F)F)cc1.C=C(F)C(=O)CC.C=C(F)C(=O)OC(C)CC.C=C(F)C(=O)OCC. The molecule has 11 nitrogen and oxygen atoms in total. The van der Waals surface area contributed by atoms with E-state index in [1.165, 1.54) is 20.8 Å². The van der Waals surface area contributed by atoms with Crippen molar-refractivity contribution in [3.05, 3.63) is 109 Å². The van der Waals surface area contributed by atoms with Crippen LogP contribution in [-0.4, -0.2) is 105 Å². The summed E-state index contributed by atoms with van der Waals surface area (Å²) in [6.07, 6.45) is -26.1. The number of carbonyl (C=O) groups excluding carboxylic acids is 6. The smallest absolute Gasteiger partial charge is 0.422 e. The molecule has 0 saturated carbocycles. The Balaban J connectivity index is -0.000000291. The predicted octanol–water partition coefficient (Wildman–Crippen LogP) is 14.8. The highest BCUT2D eigenvalue weighted by molar-refractivity contribution is 6.07. The zero-order chi connectivity index (χ0) is 64.1. The van der Waals surface area contributed by atoms with Gasteiger partial charge in [0.15, 0.2) is 28.2 Å². The van der Waals surface area contributed by atoms with Crippen molar-refractivity contribution >= 4 is 35.4 Å². The minimum absolute atomic E-state index is 0.00684. The highest BCUT2D eigenvalue weighted by Crippen LogP contribution is 2.52. The average molecular weight is 1180 g/mol. The summed E-state index contributed by atoms with van der Waals surface area (Å²) in [5.74, 6) is -8.14. The van der Waals surface area contributed by atoms with E-state index in [9.17, 15) is 108 Å². The van der Waals surface area contributed by atoms with Crippen LogP contribution in [0.25, 0.3) is 0 Å². The van der Waals surface area contributed by atoms with Crippen LogP contribution in [-0.2, 0) is 53.1 Å². The first-order valence-electron chi connectivity index (χ1n) is 22.3. The van der Waals surface area contributed by atoms with E-state index >= 15 is 0 Å². The standard InChI is InChI=1S/C14H12F6O.C11H14F6O3.C8H11F3O2.C7H11FO2.C5H7FO2.C5H7FO/c1-8(2)11(21)9-4-6-10(7-5-9)12(3,13(15,16)17)14(18,19)20;1-7(2)8(18)20-5-4-19-6-9(3,10(12,13)14)11(15,16)17;1-4-5(2)13-7(12)6(3)8(9,10)11;1-4-5(2)10-7(9)6(3)8;1-3-8-5(7)4(2)6;1-3-5(7)4(2)6/h4-7H,1H2,2-3H3;1,4-6H2,2-3H3;5H,3-4H2,1-2H3;5H,3-4H2,1-2H3;2-3H2,1H3;2-3H2,1H3. The van der Waals surface area contributed by atoms with E-state index in [1.807, 2.05) is 6.92 Å². The van der Waals surface area contributed by atoms with Crippen molar-refractivity contribution in [1.82, 2.24) is 0 Å². The number of esters is 4. The Hall–Kier alpha value is -6.42. The Bertz CT molecular complexity index is 2180. The van der Waals surface area contributed by atoms with Crippen LogP contribution in [0.4, 0.5) is 79.0 Å². The summed E-state index contributed by atoms with van der Waals surface area (Å²) in [7, 11) is 0. The summed E-state index contributed by atoms with van der Waals surface area (Å²) >= 11 is 0. The molecule has 0 amide bonds. The number of allylic oxidation sites excluding steroid dienone is 2. The van der Waals surface area contributed by atoms with Crippen molar-refractivity contribution in [3.63, 3.8) is 0 Å². The number of hydrogen-bond donors (Lipinski definition) is 0. The zero-order valence-electron chi connectivity index (χ0n) is 44.5. The number of alkyl halides is 15. The molecular weight excluding hydrogens is 1120 g/mol. The van der Waals surface area contributed by atoms with Gasteiger partial charge in [-0.2, -0.15) is 74.6 Å². The summed E-state index contributed by atoms with van der Waals surface area (Å²) < 4.78 is 245. The second-order valence-corrected chi connectivity index (χ2v) is 16.0. The fraction of sp³-hybridized carbons (Fsp3) is 0.520. The Kier molecular flexibility index (Phi) is 37.1. The maximum atomic E-state index is 12.9. The average Bonchev–Trinajstić information content (AvgIpc) is 3.31. The van der Waals surface area contributed by atoms with Crippen molar-refractivity contribution in [2.45, 2.75) is 137 Å². The molecule has 0 saturated heterocycles. The van der Waals surface area contributed by atoms with Gasteiger partial charge in [0.2, 0.25) is 11.7 Å². The monoisotopic (exact) mass is 1180 g/mol. The van der Waals surface area contributed by atoms with Gasteiger partial charge >= 0.3 is 54.8 Å². The second kappa shape index (κ2) is 36.0. The number of benzene rings is 1. The molecule has 2 atom stereocenters. The minimum atomic E-state index is -5.51. The van der Waals surface area contributed by atoms with Gasteiger partial charge in [-0.15, -0.1) is 0 Å². The first-order chi connectivity index (χ1) is 35.4. The molecule has 0 fully saturated rings. The highest BCUT2D eigenvalue weighted by atomic mass is 19.4. The van der Waals surface area contributed by atoms with Gasteiger partial charge in [-0.1, -0.05) is 84.5 Å². The Morgan fingerprint density at radius 1 is 0.519 bits per heavy atom. The number of ether oxygens (including phenoxy) is 5. The van der Waals surface area contributed by atoms with Crippen LogP contribution in [0.15, 0.2) is 97.9 Å². The molecule has 0 N–H and O–H groups in total. The summed E-state index contributed by atoms with van der Waals surface area (Å²) in [5, 5.41) is 0. The van der Waals surface area contributed by atoms with Gasteiger partial charge in [0.1, 0.15) is 12.2 Å². The molecule has 1 rings (SSSR count). The third-order valence-electron chi connectivity index (χ3n) is 9.39. The molecule has 79 heavy (non-hydrogen) atoms. The van der Waals surface area contributed by atoms with Gasteiger partial charge < -0.3 is 23.7 Å². The van der Waals surface area contributed by atoms with Crippen LogP contribution < -0.4 is 0 Å². The lowest BCUT2D eigenvalue weighted by Crippen LogP contribution is -2.51. The van der Waals surface area contributed by atoms with E-state index in [0.717, 1.165) is 12.1 Å². The lowest BCUT2D eigenvalue weighted by atomic mass is 9.80. The second-order valence-electron chi connectivity index (χ2n) is 16.0. The molecule has 0 aliphatic heterocycles. The van der Waals surface area contributed by atoms with E-state index in [-0.39, 0.29) is 49.7 Å². The Labute approximate surface area is 444 Å². The molecule has 0 aromatic heterocycles. The molecule has 1 aromatic rings. The van der Waals surface area contributed by atoms with Gasteiger partial charge in [0.25, 0.3) is 0 Å². The number of halogens is 18. The molecule has 0 aliphatic rings. The minimum Gasteiger partial charge on any atom is -0.461 e. The van der Waals surface area contributed by atoms with Crippen LogP contribution in [0.2, 0.25) is 0 Å². The van der Waals surface area contributed by atoms with Gasteiger partial charge in [-0.3, -0.25) is 9.59 Å². The highest BCUT2D eigenvalue weighted by Gasteiger charge is 2.69. The van der Waals surface area contributed by atoms with E-state index in [1.54, 1.807) is 27.7 Å². The fourth-order valence-corrected chi connectivity index (χ4v) is 3.79. The van der Waals surface area contributed by atoms with Crippen molar-refractivity contribution in [2.24, 2.45) is 5.41 Å². The molecule has 0 radical (unpaired) electrons. The topological polar surface area (TPSA) is 149 Å². The molecule has 0 aliphatic carbocycles. The number of Topliss-reactive ketones (excluding diaryl/α,β-unsaturated/α-hetero) is 2. The summed E-state index contributed by atoms with van der Waals surface area (Å²) in [6, 6.07) is 3.19. The number of hydrogen-bond acceptors (Lipinski definition) is 11. The summed E-state index contributed by atoms with van der Waals surface area (Å²) in [5.41, 5.74) is -10.2. The van der Waals surface area contributed by atoms with Crippen molar-refractivity contribution in [1.29, 1.82) is 0 Å². The number of ketones is 2. The molecule has 0 bridgehead atoms. The van der Waals surface area contributed by atoms with Crippen LogP contribution in [0.5, 0.6) is 0 Å². The maximum Gasteiger partial charge on any atom is 0.422 e. The van der Waals surface area contributed by atoms with E-state index in [4.69, 9.17) is 0 Å². The largest absolute Gasteiger partial charge is 0.461 e. The third-order valence-corrected chi connectivity index (χ3v) is 9.39. The van der Waals surface area contributed by atoms with Crippen molar-refractivity contribution in [2.75, 3.05) is 26.4 Å². The fourth-order valence-electron chi connectivity index (χ4n) is 3.79. The van der Waals surface area contributed by atoms with Crippen LogP contribution in [0.1, 0.15) is 104 Å². The first kappa shape index (κ1) is 81.4. The molecule has 2 unspecified atom stereocenters. The zero-order valence-corrected chi connectivity index (χ0v) is 44.5. The van der Waals surface area contributed by atoms with E-state index < -0.39 is 132 Å². The van der Waals surface area contributed by atoms with E-state index in [2.05, 4.69) is 63.2 Å². The molecule has 0 heterocycles. The van der Waals surface area contributed by atoms with Crippen LogP contribution >= 0.6 is 0 Å². The van der Waals surface area contributed by atoms with Gasteiger partial charge in [0.05, 0.1) is 32.0 Å². The first-order valence-corrected chi connectivity index (χ1v) is 22.3. The Morgan fingerprint density at radius 2 is 0.911 bits per heavy atom. The third kappa shape index (κ3) is 31.1.